The molecule has 1 saturated heterocycles. The van der Waals surface area contributed by atoms with Gasteiger partial charge in [-0.05, 0) is 94.3 Å². The number of amides is 1. The Labute approximate surface area is 182 Å². The Hall–Kier alpha value is -0.610. The lowest BCUT2D eigenvalue weighted by molar-refractivity contribution is -0.226. The molecule has 2 N–H and O–H groups in total. The van der Waals surface area contributed by atoms with Crippen molar-refractivity contribution in [2.45, 2.75) is 121 Å². The van der Waals surface area contributed by atoms with E-state index in [2.05, 4.69) is 18.7 Å². The maximum atomic E-state index is 13.6. The molecule has 1 heterocycles. The van der Waals surface area contributed by atoms with Gasteiger partial charge in [-0.15, -0.1) is 0 Å². The first-order valence-electron chi connectivity index (χ1n) is 13.0. The van der Waals surface area contributed by atoms with Gasteiger partial charge in [0, 0.05) is 24.4 Å². The van der Waals surface area contributed by atoms with E-state index in [1.54, 1.807) is 0 Å². The number of carbonyl (C=O) groups excluding carboxylic acids is 1. The number of nitrogens with zero attached hydrogens (tertiary/aromatic N) is 1. The zero-order valence-electron chi connectivity index (χ0n) is 19.2. The van der Waals surface area contributed by atoms with Gasteiger partial charge in [0.25, 0.3) is 0 Å². The first kappa shape index (κ1) is 21.2. The fourth-order valence-corrected chi connectivity index (χ4v) is 9.05. The van der Waals surface area contributed by atoms with E-state index in [0.29, 0.717) is 30.1 Å². The standard InChI is InChI=1S/C26H43NO3/c1-24-13-10-19(28)17-26(24,30)15-11-20-21(24)12-14-25(2)22(20)9-6-16-27(25)23(29)18-7-4-3-5-8-18/h18-22,28,30H,3-17H2,1-2H3/t19-,20-,21-,22-,24+,25?,26+/m0/s1. The quantitative estimate of drug-likeness (QED) is 0.652. The molecule has 4 heteroatoms. The van der Waals surface area contributed by atoms with E-state index in [0.717, 1.165) is 64.3 Å². The Morgan fingerprint density at radius 3 is 2.40 bits per heavy atom. The monoisotopic (exact) mass is 417 g/mol. The van der Waals surface area contributed by atoms with E-state index < -0.39 is 5.60 Å². The molecule has 1 amide bonds. The van der Waals surface area contributed by atoms with Gasteiger partial charge in [-0.2, -0.15) is 0 Å². The van der Waals surface area contributed by atoms with Crippen LogP contribution in [0.4, 0.5) is 0 Å². The van der Waals surface area contributed by atoms with Gasteiger partial charge in [0.1, 0.15) is 0 Å². The molecule has 0 radical (unpaired) electrons. The molecule has 1 aliphatic heterocycles. The zero-order valence-corrected chi connectivity index (χ0v) is 19.2. The summed E-state index contributed by atoms with van der Waals surface area (Å²) in [6.07, 6.45) is 14.4. The summed E-state index contributed by atoms with van der Waals surface area (Å²) in [6.45, 7) is 5.68. The van der Waals surface area contributed by atoms with E-state index in [9.17, 15) is 15.0 Å². The average Bonchev–Trinajstić information content (AvgIpc) is 2.74. The van der Waals surface area contributed by atoms with Gasteiger partial charge in [-0.3, -0.25) is 4.79 Å². The summed E-state index contributed by atoms with van der Waals surface area (Å²) >= 11 is 0. The Bertz CT molecular complexity index is 675. The second-order valence-corrected chi connectivity index (χ2v) is 12.1. The predicted octanol–water partition coefficient (Wildman–Crippen LogP) is 4.67. The molecule has 5 rings (SSSR count). The highest BCUT2D eigenvalue weighted by atomic mass is 16.3. The second kappa shape index (κ2) is 7.47. The van der Waals surface area contributed by atoms with Crippen molar-refractivity contribution >= 4 is 5.91 Å². The highest BCUT2D eigenvalue weighted by molar-refractivity contribution is 5.80. The van der Waals surface area contributed by atoms with Gasteiger partial charge in [0.15, 0.2) is 0 Å². The van der Waals surface area contributed by atoms with Crippen molar-refractivity contribution in [3.63, 3.8) is 0 Å². The van der Waals surface area contributed by atoms with Crippen LogP contribution in [0.15, 0.2) is 0 Å². The number of fused-ring (bicyclic) bond motifs is 5. The smallest absolute Gasteiger partial charge is 0.226 e. The highest BCUT2D eigenvalue weighted by Crippen LogP contribution is 2.64. The molecule has 4 saturated carbocycles. The first-order valence-corrected chi connectivity index (χ1v) is 13.0. The summed E-state index contributed by atoms with van der Waals surface area (Å²) in [7, 11) is 0. The van der Waals surface area contributed by atoms with Crippen LogP contribution < -0.4 is 0 Å². The van der Waals surface area contributed by atoms with E-state index in [4.69, 9.17) is 0 Å². The summed E-state index contributed by atoms with van der Waals surface area (Å²) in [5.74, 6) is 2.45. The molecule has 30 heavy (non-hydrogen) atoms. The third-order valence-corrected chi connectivity index (χ3v) is 10.9. The molecule has 7 atom stereocenters. The molecule has 5 fully saturated rings. The molecule has 0 aromatic rings. The largest absolute Gasteiger partial charge is 0.393 e. The maximum Gasteiger partial charge on any atom is 0.226 e. The number of piperidine rings is 1. The van der Waals surface area contributed by atoms with Crippen molar-refractivity contribution in [1.82, 2.24) is 4.90 Å². The first-order chi connectivity index (χ1) is 14.3. The van der Waals surface area contributed by atoms with Crippen molar-refractivity contribution in [3.8, 4) is 0 Å². The van der Waals surface area contributed by atoms with Crippen LogP contribution in [-0.4, -0.2) is 44.8 Å². The molecule has 0 spiro atoms. The molecule has 4 nitrogen and oxygen atoms in total. The number of hydrogen-bond acceptors (Lipinski definition) is 3. The molecule has 0 aromatic carbocycles. The Morgan fingerprint density at radius 2 is 1.63 bits per heavy atom. The van der Waals surface area contributed by atoms with E-state index in [1.165, 1.54) is 25.7 Å². The van der Waals surface area contributed by atoms with Gasteiger partial charge in [-0.25, -0.2) is 0 Å². The van der Waals surface area contributed by atoms with Crippen LogP contribution in [0.1, 0.15) is 104 Å². The van der Waals surface area contributed by atoms with Crippen LogP contribution in [0.5, 0.6) is 0 Å². The molecular formula is C26H43NO3. The molecule has 4 aliphatic carbocycles. The molecular weight excluding hydrogens is 374 g/mol. The Kier molecular flexibility index (Phi) is 5.29. The number of likely N-dealkylation sites (tertiary alicyclic amines) is 1. The minimum atomic E-state index is -0.703. The van der Waals surface area contributed by atoms with Crippen LogP contribution in [0.2, 0.25) is 0 Å². The van der Waals surface area contributed by atoms with Crippen molar-refractivity contribution in [1.29, 1.82) is 0 Å². The molecule has 5 aliphatic rings. The number of carbonyl (C=O) groups is 1. The van der Waals surface area contributed by atoms with Crippen LogP contribution in [0, 0.1) is 29.1 Å². The summed E-state index contributed by atoms with van der Waals surface area (Å²) in [5, 5.41) is 21.9. The molecule has 1 unspecified atom stereocenters. The summed E-state index contributed by atoms with van der Waals surface area (Å²) in [4.78, 5) is 16.0. The van der Waals surface area contributed by atoms with Gasteiger partial charge < -0.3 is 15.1 Å². The van der Waals surface area contributed by atoms with E-state index >= 15 is 0 Å². The summed E-state index contributed by atoms with van der Waals surface area (Å²) in [6, 6.07) is 0. The molecule has 0 aromatic heterocycles. The van der Waals surface area contributed by atoms with Crippen molar-refractivity contribution in [2.75, 3.05) is 6.54 Å². The van der Waals surface area contributed by atoms with Gasteiger partial charge >= 0.3 is 0 Å². The van der Waals surface area contributed by atoms with Crippen molar-refractivity contribution in [3.05, 3.63) is 0 Å². The van der Waals surface area contributed by atoms with Crippen LogP contribution in [-0.2, 0) is 4.79 Å². The lowest BCUT2D eigenvalue weighted by Crippen LogP contribution is -2.68. The lowest BCUT2D eigenvalue weighted by Gasteiger charge is -2.66. The van der Waals surface area contributed by atoms with Crippen LogP contribution >= 0.6 is 0 Å². The maximum absolute atomic E-state index is 13.6. The van der Waals surface area contributed by atoms with Gasteiger partial charge in [0.2, 0.25) is 5.91 Å². The number of aliphatic hydroxyl groups excluding tert-OH is 1. The normalized spacial score (nSPS) is 49.7. The van der Waals surface area contributed by atoms with Crippen molar-refractivity contribution < 1.29 is 15.0 Å². The van der Waals surface area contributed by atoms with Gasteiger partial charge in [0.05, 0.1) is 11.7 Å². The minimum Gasteiger partial charge on any atom is -0.393 e. The highest BCUT2D eigenvalue weighted by Gasteiger charge is 2.64. The zero-order chi connectivity index (χ0) is 21.1. The van der Waals surface area contributed by atoms with Crippen LogP contribution in [0.25, 0.3) is 0 Å². The molecule has 0 bridgehead atoms. The summed E-state index contributed by atoms with van der Waals surface area (Å²) in [5.41, 5.74) is -0.772. The lowest BCUT2D eigenvalue weighted by atomic mass is 9.43. The topological polar surface area (TPSA) is 60.8 Å². The van der Waals surface area contributed by atoms with Crippen LogP contribution in [0.3, 0.4) is 0 Å². The second-order valence-electron chi connectivity index (χ2n) is 12.1. The predicted molar refractivity (Wildman–Crippen MR) is 118 cm³/mol. The Morgan fingerprint density at radius 1 is 0.867 bits per heavy atom. The average molecular weight is 418 g/mol. The van der Waals surface area contributed by atoms with Gasteiger partial charge in [-0.1, -0.05) is 26.2 Å². The Balaban J connectivity index is 1.40. The fourth-order valence-electron chi connectivity index (χ4n) is 9.05. The van der Waals surface area contributed by atoms with Crippen molar-refractivity contribution in [2.24, 2.45) is 29.1 Å². The number of hydrogen-bond donors (Lipinski definition) is 2. The summed E-state index contributed by atoms with van der Waals surface area (Å²) < 4.78 is 0. The van der Waals surface area contributed by atoms with E-state index in [-0.39, 0.29) is 23.0 Å². The minimum absolute atomic E-state index is 0.00788. The molecule has 170 valence electrons. The SMILES string of the molecule is CC12CC[C@H]3[C@H](CC[C@@]4(O)C[C@@H](O)CC[C@]34C)[C@@H]1CCCN2C(=O)C1CCCCC1. The van der Waals surface area contributed by atoms with E-state index in [1.807, 2.05) is 0 Å². The number of aliphatic hydroxyl groups is 2. The third kappa shape index (κ3) is 3.03. The fraction of sp³-hybridized carbons (Fsp3) is 0.962. The number of rotatable bonds is 1. The third-order valence-electron chi connectivity index (χ3n) is 10.9.